The van der Waals surface area contributed by atoms with E-state index in [4.69, 9.17) is 23.2 Å². The molecule has 0 aliphatic rings. The van der Waals surface area contributed by atoms with E-state index in [1.807, 2.05) is 25.1 Å². The van der Waals surface area contributed by atoms with Crippen molar-refractivity contribution < 1.29 is 0 Å². The SMILES string of the molecule is Cc1cc(Cl)c2nc(Br)ccc2c1Cl. The Kier molecular flexibility index (Phi) is 2.69. The molecule has 2 aromatic rings. The highest BCUT2D eigenvalue weighted by Crippen LogP contribution is 2.32. The van der Waals surface area contributed by atoms with Gasteiger partial charge in [-0.25, -0.2) is 4.98 Å². The third kappa shape index (κ3) is 1.62. The van der Waals surface area contributed by atoms with Crippen LogP contribution in [0, 0.1) is 6.92 Å². The first-order valence-electron chi connectivity index (χ1n) is 4.00. The second-order valence-electron chi connectivity index (χ2n) is 3.02. The maximum absolute atomic E-state index is 6.14. The standard InChI is InChI=1S/C10H6BrCl2N/c1-5-4-7(12)10-6(9(5)13)2-3-8(11)14-10/h2-4H,1H3. The summed E-state index contributed by atoms with van der Waals surface area (Å²) in [4.78, 5) is 4.28. The van der Waals surface area contributed by atoms with E-state index in [0.717, 1.165) is 21.1 Å². The summed E-state index contributed by atoms with van der Waals surface area (Å²) in [6, 6.07) is 5.59. The lowest BCUT2D eigenvalue weighted by molar-refractivity contribution is 1.34. The molecule has 14 heavy (non-hydrogen) atoms. The van der Waals surface area contributed by atoms with Gasteiger partial charge in [0.25, 0.3) is 0 Å². The number of benzene rings is 1. The fraction of sp³-hybridized carbons (Fsp3) is 0.100. The van der Waals surface area contributed by atoms with Crippen LogP contribution in [-0.4, -0.2) is 4.98 Å². The third-order valence-electron chi connectivity index (χ3n) is 2.01. The normalized spacial score (nSPS) is 10.9. The van der Waals surface area contributed by atoms with Gasteiger partial charge in [0.2, 0.25) is 0 Å². The first kappa shape index (κ1) is 10.2. The zero-order chi connectivity index (χ0) is 10.3. The zero-order valence-electron chi connectivity index (χ0n) is 7.31. The summed E-state index contributed by atoms with van der Waals surface area (Å²) < 4.78 is 0.756. The number of hydrogen-bond acceptors (Lipinski definition) is 1. The van der Waals surface area contributed by atoms with Crippen LogP contribution in [0.1, 0.15) is 5.56 Å². The van der Waals surface area contributed by atoms with Crippen LogP contribution >= 0.6 is 39.1 Å². The first-order valence-corrected chi connectivity index (χ1v) is 5.55. The molecule has 2 rings (SSSR count). The molecule has 0 fully saturated rings. The molecule has 0 aliphatic carbocycles. The summed E-state index contributed by atoms with van der Waals surface area (Å²) in [6.45, 7) is 1.93. The minimum atomic E-state index is 0.628. The number of fused-ring (bicyclic) bond motifs is 1. The summed E-state index contributed by atoms with van der Waals surface area (Å²) in [5.74, 6) is 0. The second-order valence-corrected chi connectivity index (χ2v) is 4.62. The van der Waals surface area contributed by atoms with Crippen LogP contribution in [0.5, 0.6) is 0 Å². The Morgan fingerprint density at radius 1 is 1.29 bits per heavy atom. The van der Waals surface area contributed by atoms with E-state index in [1.165, 1.54) is 0 Å². The molecule has 0 saturated carbocycles. The van der Waals surface area contributed by atoms with Crippen LogP contribution in [0.4, 0.5) is 0 Å². The highest BCUT2D eigenvalue weighted by molar-refractivity contribution is 9.10. The molecule has 1 heterocycles. The van der Waals surface area contributed by atoms with Crippen molar-refractivity contribution in [3.05, 3.63) is 38.4 Å². The van der Waals surface area contributed by atoms with Gasteiger partial charge in [-0.3, -0.25) is 0 Å². The van der Waals surface area contributed by atoms with Crippen LogP contribution in [0.2, 0.25) is 10.0 Å². The molecule has 0 radical (unpaired) electrons. The molecule has 0 aliphatic heterocycles. The van der Waals surface area contributed by atoms with Crippen molar-refractivity contribution in [3.63, 3.8) is 0 Å². The molecule has 4 heteroatoms. The van der Waals surface area contributed by atoms with Gasteiger partial charge >= 0.3 is 0 Å². The van der Waals surface area contributed by atoms with Crippen LogP contribution in [0.25, 0.3) is 10.9 Å². The van der Waals surface area contributed by atoms with Gasteiger partial charge in [-0.2, -0.15) is 0 Å². The van der Waals surface area contributed by atoms with Gasteiger partial charge in [0.1, 0.15) is 4.60 Å². The predicted molar refractivity (Wildman–Crippen MR) is 64.2 cm³/mol. The van der Waals surface area contributed by atoms with Gasteiger partial charge < -0.3 is 0 Å². The Hall–Kier alpha value is -0.310. The number of hydrogen-bond donors (Lipinski definition) is 0. The summed E-state index contributed by atoms with van der Waals surface area (Å²) in [5, 5.41) is 2.23. The van der Waals surface area contributed by atoms with Crippen molar-refractivity contribution in [2.24, 2.45) is 0 Å². The third-order valence-corrected chi connectivity index (χ3v) is 3.24. The van der Waals surface area contributed by atoms with Crippen LogP contribution in [0.3, 0.4) is 0 Å². The molecule has 0 amide bonds. The van der Waals surface area contributed by atoms with Gasteiger partial charge in [0.05, 0.1) is 15.6 Å². The molecule has 0 atom stereocenters. The van der Waals surface area contributed by atoms with Gasteiger partial charge in [0.15, 0.2) is 0 Å². The van der Waals surface area contributed by atoms with Crippen molar-refractivity contribution in [2.75, 3.05) is 0 Å². The van der Waals surface area contributed by atoms with Crippen LogP contribution < -0.4 is 0 Å². The van der Waals surface area contributed by atoms with Gasteiger partial charge in [-0.1, -0.05) is 23.2 Å². The van der Waals surface area contributed by atoms with Crippen molar-refractivity contribution in [2.45, 2.75) is 6.92 Å². The Balaban J connectivity index is 2.94. The Morgan fingerprint density at radius 2 is 2.00 bits per heavy atom. The van der Waals surface area contributed by atoms with Crippen LogP contribution in [0.15, 0.2) is 22.8 Å². The number of aromatic nitrogens is 1. The average Bonchev–Trinajstić information content (AvgIpc) is 2.14. The molecular weight excluding hydrogens is 285 g/mol. The Labute approximate surface area is 100 Å². The maximum atomic E-state index is 6.14. The largest absolute Gasteiger partial charge is 0.239 e. The second kappa shape index (κ2) is 3.69. The van der Waals surface area contributed by atoms with E-state index in [9.17, 15) is 0 Å². The molecule has 0 spiro atoms. The summed E-state index contributed by atoms with van der Waals surface area (Å²) in [6.07, 6.45) is 0. The summed E-state index contributed by atoms with van der Waals surface area (Å²) >= 11 is 15.5. The molecule has 0 saturated heterocycles. The topological polar surface area (TPSA) is 12.9 Å². The first-order chi connectivity index (χ1) is 6.59. The number of rotatable bonds is 0. The van der Waals surface area contributed by atoms with Gasteiger partial charge in [-0.15, -0.1) is 0 Å². The fourth-order valence-electron chi connectivity index (χ4n) is 1.33. The minimum Gasteiger partial charge on any atom is -0.239 e. The highest BCUT2D eigenvalue weighted by atomic mass is 79.9. The Morgan fingerprint density at radius 3 is 2.71 bits per heavy atom. The predicted octanol–water partition coefficient (Wildman–Crippen LogP) is 4.61. The maximum Gasteiger partial charge on any atom is 0.106 e. The number of nitrogens with zero attached hydrogens (tertiary/aromatic N) is 1. The Bertz CT molecular complexity index is 511. The lowest BCUT2D eigenvalue weighted by Gasteiger charge is -2.05. The molecule has 1 aromatic heterocycles. The lowest BCUT2D eigenvalue weighted by Crippen LogP contribution is -1.85. The monoisotopic (exact) mass is 289 g/mol. The van der Waals surface area contributed by atoms with Gasteiger partial charge in [0, 0.05) is 5.39 Å². The number of aryl methyl sites for hydroxylation is 1. The number of halogens is 3. The molecule has 0 unspecified atom stereocenters. The lowest BCUT2D eigenvalue weighted by atomic mass is 10.1. The highest BCUT2D eigenvalue weighted by Gasteiger charge is 2.08. The van der Waals surface area contributed by atoms with E-state index in [1.54, 1.807) is 0 Å². The summed E-state index contributed by atoms with van der Waals surface area (Å²) in [5.41, 5.74) is 1.70. The van der Waals surface area contributed by atoms with E-state index in [-0.39, 0.29) is 0 Å². The molecule has 0 bridgehead atoms. The van der Waals surface area contributed by atoms with Crippen molar-refractivity contribution >= 4 is 50.0 Å². The van der Waals surface area contributed by atoms with Crippen molar-refractivity contribution in [1.82, 2.24) is 4.98 Å². The quantitative estimate of drug-likeness (QED) is 0.646. The van der Waals surface area contributed by atoms with Crippen molar-refractivity contribution in [3.8, 4) is 0 Å². The summed E-state index contributed by atoms with van der Waals surface area (Å²) in [7, 11) is 0. The van der Waals surface area contributed by atoms with Crippen LogP contribution in [-0.2, 0) is 0 Å². The molecule has 0 N–H and O–H groups in total. The van der Waals surface area contributed by atoms with Gasteiger partial charge in [-0.05, 0) is 46.6 Å². The van der Waals surface area contributed by atoms with E-state index in [0.29, 0.717) is 10.0 Å². The van der Waals surface area contributed by atoms with Crippen molar-refractivity contribution in [1.29, 1.82) is 0 Å². The molecule has 1 aromatic carbocycles. The fourth-order valence-corrected chi connectivity index (χ4v) is 2.15. The molecule has 72 valence electrons. The van der Waals surface area contributed by atoms with E-state index >= 15 is 0 Å². The average molecular weight is 291 g/mol. The smallest absolute Gasteiger partial charge is 0.106 e. The minimum absolute atomic E-state index is 0.628. The molecule has 1 nitrogen and oxygen atoms in total. The molecular formula is C10H6BrCl2N. The van der Waals surface area contributed by atoms with E-state index in [2.05, 4.69) is 20.9 Å². The zero-order valence-corrected chi connectivity index (χ0v) is 10.4. The number of pyridine rings is 1. The van der Waals surface area contributed by atoms with E-state index < -0.39 is 0 Å².